The van der Waals surface area contributed by atoms with Crippen LogP contribution >= 0.6 is 11.3 Å². The van der Waals surface area contributed by atoms with Crippen LogP contribution in [0.4, 0.5) is 0 Å². The molecule has 0 aliphatic heterocycles. The van der Waals surface area contributed by atoms with Crippen molar-refractivity contribution in [2.75, 3.05) is 19.6 Å². The molecule has 0 radical (unpaired) electrons. The highest BCUT2D eigenvalue weighted by Crippen LogP contribution is 2.28. The first-order valence-corrected chi connectivity index (χ1v) is 16.8. The lowest BCUT2D eigenvalue weighted by molar-refractivity contribution is -0.123. The number of benzene rings is 3. The van der Waals surface area contributed by atoms with E-state index in [1.165, 1.54) is 24.5 Å². The second kappa shape index (κ2) is 17.8. The van der Waals surface area contributed by atoms with Crippen molar-refractivity contribution in [3.05, 3.63) is 117 Å². The zero-order chi connectivity index (χ0) is 33.6. The first-order chi connectivity index (χ1) is 22.7. The Kier molecular flexibility index (Phi) is 13.3. The molecule has 0 spiro atoms. The Labute approximate surface area is 280 Å². The summed E-state index contributed by atoms with van der Waals surface area (Å²) in [7, 11) is 0. The van der Waals surface area contributed by atoms with Crippen molar-refractivity contribution in [2.45, 2.75) is 45.7 Å². The molecular formula is C37H43N5O4S. The van der Waals surface area contributed by atoms with Gasteiger partial charge < -0.3 is 27.0 Å². The molecule has 1 fully saturated rings. The fourth-order valence-electron chi connectivity index (χ4n) is 4.84. The number of rotatable bonds is 14. The smallest absolute Gasteiger partial charge is 0.251 e. The average molecular weight is 654 g/mol. The van der Waals surface area contributed by atoms with Gasteiger partial charge >= 0.3 is 0 Å². The SMILES string of the molecule is CC[C@H](NCCNC(=O)c1cc(C(=O)NCc2ccccc2)cc(-c2ccccc2C(N)=O)c1)C(=O)NCC1CC1.Cc1ccsc1. The standard InChI is InChI=1S/C32H37N5O4.C5H6S/c1-2-28(32(41)37-20-22-12-13-22)34-14-15-35-30(39)24-16-23(26-10-6-7-11-27(26)29(33)38)17-25(18-24)31(40)36-19-21-8-4-3-5-9-21;1-5-2-3-6-4-5/h3-11,16-18,22,28,34H,2,12-15,19-20H2,1H3,(H2,33,38)(H,35,39)(H,36,40)(H,37,41);2-4H,1H3/t28-;/m0./s1. The molecule has 0 unspecified atom stereocenters. The maximum Gasteiger partial charge on any atom is 0.251 e. The van der Waals surface area contributed by atoms with Crippen LogP contribution in [0.25, 0.3) is 11.1 Å². The van der Waals surface area contributed by atoms with Crippen LogP contribution < -0.4 is 27.0 Å². The van der Waals surface area contributed by atoms with E-state index in [0.717, 1.165) is 5.56 Å². The summed E-state index contributed by atoms with van der Waals surface area (Å²) in [5, 5.41) is 16.1. The third-order valence-electron chi connectivity index (χ3n) is 7.71. The van der Waals surface area contributed by atoms with Crippen LogP contribution in [-0.2, 0) is 11.3 Å². The first-order valence-electron chi connectivity index (χ1n) is 15.9. The number of nitrogens with two attached hydrogens (primary N) is 1. The van der Waals surface area contributed by atoms with Gasteiger partial charge in [-0.3, -0.25) is 19.2 Å². The number of aryl methyl sites for hydroxylation is 1. The van der Waals surface area contributed by atoms with E-state index in [4.69, 9.17) is 5.73 Å². The quantitative estimate of drug-likeness (QED) is 0.121. The molecule has 5 rings (SSSR count). The Hall–Kier alpha value is -4.80. The number of hydrogen-bond acceptors (Lipinski definition) is 6. The van der Waals surface area contributed by atoms with Crippen LogP contribution in [0.15, 0.2) is 89.6 Å². The summed E-state index contributed by atoms with van der Waals surface area (Å²) in [6.07, 6.45) is 2.97. The van der Waals surface area contributed by atoms with Crippen molar-refractivity contribution in [3.63, 3.8) is 0 Å². The Morgan fingerprint density at radius 1 is 0.851 bits per heavy atom. The Morgan fingerprint density at radius 3 is 2.13 bits per heavy atom. The second-order valence-electron chi connectivity index (χ2n) is 11.5. The van der Waals surface area contributed by atoms with Crippen molar-refractivity contribution in [1.29, 1.82) is 0 Å². The van der Waals surface area contributed by atoms with Gasteiger partial charge in [0.1, 0.15) is 0 Å². The van der Waals surface area contributed by atoms with Crippen LogP contribution in [0.2, 0.25) is 0 Å². The van der Waals surface area contributed by atoms with Crippen LogP contribution in [0.1, 0.15) is 68.4 Å². The van der Waals surface area contributed by atoms with Gasteiger partial charge in [-0.2, -0.15) is 11.3 Å². The van der Waals surface area contributed by atoms with Crippen LogP contribution in [-0.4, -0.2) is 49.3 Å². The van der Waals surface area contributed by atoms with Gasteiger partial charge in [0.2, 0.25) is 11.8 Å². The molecule has 4 aromatic rings. The minimum absolute atomic E-state index is 0.0299. The molecule has 1 aromatic heterocycles. The van der Waals surface area contributed by atoms with Crippen molar-refractivity contribution >= 4 is 35.0 Å². The van der Waals surface area contributed by atoms with E-state index in [-0.39, 0.29) is 47.0 Å². The predicted octanol–water partition coefficient (Wildman–Crippen LogP) is 5.06. The minimum Gasteiger partial charge on any atom is -0.366 e. The lowest BCUT2D eigenvalue weighted by Gasteiger charge is -2.17. The van der Waals surface area contributed by atoms with E-state index in [9.17, 15) is 19.2 Å². The zero-order valence-corrected chi connectivity index (χ0v) is 27.7. The number of nitrogens with one attached hydrogen (secondary N) is 4. The molecule has 1 aliphatic rings. The summed E-state index contributed by atoms with van der Waals surface area (Å²) in [5.41, 5.74) is 9.78. The molecule has 4 amide bonds. The lowest BCUT2D eigenvalue weighted by Crippen LogP contribution is -2.46. The third kappa shape index (κ3) is 11.2. The molecule has 9 nitrogen and oxygen atoms in total. The number of carbonyl (C=O) groups is 4. The molecule has 246 valence electrons. The second-order valence-corrected chi connectivity index (χ2v) is 12.3. The molecule has 0 saturated heterocycles. The van der Waals surface area contributed by atoms with Gasteiger partial charge in [-0.1, -0.05) is 55.5 Å². The van der Waals surface area contributed by atoms with Crippen LogP contribution in [0.3, 0.4) is 0 Å². The molecule has 0 bridgehead atoms. The topological polar surface area (TPSA) is 142 Å². The first kappa shape index (κ1) is 35.1. The van der Waals surface area contributed by atoms with Gasteiger partial charge in [-0.05, 0) is 95.4 Å². The van der Waals surface area contributed by atoms with E-state index in [0.29, 0.717) is 43.1 Å². The molecular weight excluding hydrogens is 611 g/mol. The van der Waals surface area contributed by atoms with Crippen LogP contribution in [0.5, 0.6) is 0 Å². The molecule has 1 aliphatic carbocycles. The Balaban J connectivity index is 0.000000748. The number of amides is 4. The molecule has 6 N–H and O–H groups in total. The predicted molar refractivity (Wildman–Crippen MR) is 187 cm³/mol. The highest BCUT2D eigenvalue weighted by atomic mass is 32.1. The monoisotopic (exact) mass is 653 g/mol. The number of carbonyl (C=O) groups excluding carboxylic acids is 4. The van der Waals surface area contributed by atoms with Gasteiger partial charge in [-0.25, -0.2) is 0 Å². The van der Waals surface area contributed by atoms with E-state index in [2.05, 4.69) is 45.0 Å². The van der Waals surface area contributed by atoms with Crippen molar-refractivity contribution in [1.82, 2.24) is 21.3 Å². The maximum absolute atomic E-state index is 13.2. The molecule has 1 heterocycles. The van der Waals surface area contributed by atoms with Gasteiger partial charge in [0.25, 0.3) is 11.8 Å². The van der Waals surface area contributed by atoms with Crippen molar-refractivity contribution < 1.29 is 19.2 Å². The number of hydrogen-bond donors (Lipinski definition) is 5. The van der Waals surface area contributed by atoms with E-state index in [1.54, 1.807) is 47.7 Å². The summed E-state index contributed by atoms with van der Waals surface area (Å²) >= 11 is 1.74. The maximum atomic E-state index is 13.2. The minimum atomic E-state index is -0.608. The molecule has 10 heteroatoms. The summed E-state index contributed by atoms with van der Waals surface area (Å²) in [6, 6.07) is 22.9. The van der Waals surface area contributed by atoms with E-state index in [1.807, 2.05) is 37.3 Å². The summed E-state index contributed by atoms with van der Waals surface area (Å²) in [6.45, 7) is 5.74. The highest BCUT2D eigenvalue weighted by Gasteiger charge is 2.24. The zero-order valence-electron chi connectivity index (χ0n) is 26.9. The highest BCUT2D eigenvalue weighted by molar-refractivity contribution is 7.07. The fourth-order valence-corrected chi connectivity index (χ4v) is 5.51. The van der Waals surface area contributed by atoms with Gasteiger partial charge in [0.15, 0.2) is 0 Å². The van der Waals surface area contributed by atoms with Gasteiger partial charge in [0.05, 0.1) is 6.04 Å². The van der Waals surface area contributed by atoms with Gasteiger partial charge in [-0.15, -0.1) is 0 Å². The Bertz CT molecular complexity index is 1640. The largest absolute Gasteiger partial charge is 0.366 e. The average Bonchev–Trinajstić information content (AvgIpc) is 3.81. The van der Waals surface area contributed by atoms with E-state index < -0.39 is 5.91 Å². The number of thiophene rings is 1. The van der Waals surface area contributed by atoms with Crippen molar-refractivity contribution in [3.8, 4) is 11.1 Å². The normalized spacial score (nSPS) is 12.6. The molecule has 3 aromatic carbocycles. The summed E-state index contributed by atoms with van der Waals surface area (Å²) in [4.78, 5) is 50.9. The molecule has 1 atom stereocenters. The third-order valence-corrected chi connectivity index (χ3v) is 8.51. The number of primary amides is 1. The molecule has 47 heavy (non-hydrogen) atoms. The fraction of sp³-hybridized carbons (Fsp3) is 0.297. The van der Waals surface area contributed by atoms with E-state index >= 15 is 0 Å². The van der Waals surface area contributed by atoms with Crippen molar-refractivity contribution in [2.24, 2.45) is 11.7 Å². The lowest BCUT2D eigenvalue weighted by atomic mass is 9.95. The van der Waals surface area contributed by atoms with Crippen LogP contribution in [0, 0.1) is 12.8 Å². The summed E-state index contributed by atoms with van der Waals surface area (Å²) < 4.78 is 0. The summed E-state index contributed by atoms with van der Waals surface area (Å²) in [5.74, 6) is -0.771. The van der Waals surface area contributed by atoms with Gasteiger partial charge in [0, 0.05) is 42.9 Å². The Morgan fingerprint density at radius 2 is 1.53 bits per heavy atom. The molecule has 1 saturated carbocycles.